The van der Waals surface area contributed by atoms with Gasteiger partial charge in [0.05, 0.1) is 39.5 Å². The lowest BCUT2D eigenvalue weighted by Gasteiger charge is -2.20. The molecular formula is C30H38BrFN2O9. The normalized spacial score (nSPS) is 11.9. The molecule has 13 heteroatoms. The first-order valence-electron chi connectivity index (χ1n) is 13.8. The predicted molar refractivity (Wildman–Crippen MR) is 161 cm³/mol. The number of carbonyl (C=O) groups excluding carboxylic acids is 1. The molecule has 1 heterocycles. The van der Waals surface area contributed by atoms with E-state index in [0.717, 1.165) is 12.8 Å². The Morgan fingerprint density at radius 1 is 0.930 bits per heavy atom. The molecule has 0 radical (unpaired) electrons. The van der Waals surface area contributed by atoms with Crippen LogP contribution in [-0.4, -0.2) is 72.6 Å². The number of halogens is 2. The fourth-order valence-electron chi connectivity index (χ4n) is 4.67. The molecule has 0 saturated carbocycles. The molecule has 0 fully saturated rings. The minimum atomic E-state index is -0.961. The van der Waals surface area contributed by atoms with Crippen molar-refractivity contribution in [3.63, 3.8) is 0 Å². The summed E-state index contributed by atoms with van der Waals surface area (Å²) in [4.78, 5) is 36.9. The van der Waals surface area contributed by atoms with Gasteiger partial charge in [0.15, 0.2) is 34.6 Å². The van der Waals surface area contributed by atoms with Crippen LogP contribution in [0.2, 0.25) is 0 Å². The molecule has 3 N–H and O–H groups in total. The van der Waals surface area contributed by atoms with Crippen LogP contribution < -0.4 is 18.9 Å². The molecule has 0 saturated heterocycles. The van der Waals surface area contributed by atoms with Gasteiger partial charge < -0.3 is 34.1 Å². The molecule has 1 aliphatic rings. The van der Waals surface area contributed by atoms with E-state index >= 15 is 4.39 Å². The number of carbonyl (C=O) groups is 3. The standard InChI is InChI=1S/C30H37FN2O9.BrH/c1-4-5-8-18-13-19(14-23(41-11-6-9-24(35)36)28(18)42-12-7-10-25(37)38)21(34)17-33-16-20-15-22(39-2)29(40-3)27(31)26(20)30(33)32;/h13-15,32H,4-12,16-17H2,1-3H3,(H,35,36)(H,37,38);1H. The van der Waals surface area contributed by atoms with Crippen molar-refractivity contribution < 1.29 is 47.9 Å². The molecule has 0 aromatic heterocycles. The number of Topliss-reactive ketones (excluding diaryl/α,β-unsaturated/α-hetero) is 1. The number of hydrogen-bond donors (Lipinski definition) is 3. The monoisotopic (exact) mass is 668 g/mol. The minimum Gasteiger partial charge on any atom is -0.493 e. The molecule has 0 bridgehead atoms. The Morgan fingerprint density at radius 2 is 1.58 bits per heavy atom. The highest BCUT2D eigenvalue weighted by molar-refractivity contribution is 8.93. The van der Waals surface area contributed by atoms with Gasteiger partial charge >= 0.3 is 11.9 Å². The molecule has 0 atom stereocenters. The number of amidine groups is 1. The predicted octanol–water partition coefficient (Wildman–Crippen LogP) is 5.27. The van der Waals surface area contributed by atoms with Crippen molar-refractivity contribution in [1.29, 1.82) is 5.41 Å². The first kappa shape index (κ1) is 35.3. The topological polar surface area (TPSA) is 156 Å². The summed E-state index contributed by atoms with van der Waals surface area (Å²) in [6.07, 6.45) is 2.55. The maximum Gasteiger partial charge on any atom is 0.303 e. The number of ether oxygens (including phenoxy) is 4. The zero-order valence-electron chi connectivity index (χ0n) is 24.5. The first-order chi connectivity index (χ1) is 20.1. The second kappa shape index (κ2) is 16.7. The molecule has 0 aliphatic carbocycles. The number of carboxylic acids is 2. The van der Waals surface area contributed by atoms with Crippen LogP contribution in [0.5, 0.6) is 23.0 Å². The van der Waals surface area contributed by atoms with E-state index in [1.165, 1.54) is 25.2 Å². The Bertz CT molecular complexity index is 1340. The summed E-state index contributed by atoms with van der Waals surface area (Å²) in [7, 11) is 2.70. The van der Waals surface area contributed by atoms with Crippen molar-refractivity contribution in [3.8, 4) is 23.0 Å². The smallest absolute Gasteiger partial charge is 0.303 e. The number of rotatable bonds is 18. The molecule has 0 amide bonds. The number of aliphatic carboxylic acids is 2. The number of methoxy groups -OCH3 is 2. The number of unbranched alkanes of at least 4 members (excludes halogenated alkanes) is 1. The Labute approximate surface area is 260 Å². The van der Waals surface area contributed by atoms with E-state index < -0.39 is 17.8 Å². The van der Waals surface area contributed by atoms with E-state index in [0.29, 0.717) is 28.9 Å². The van der Waals surface area contributed by atoms with E-state index in [9.17, 15) is 14.4 Å². The van der Waals surface area contributed by atoms with Crippen LogP contribution in [0.1, 0.15) is 72.5 Å². The molecule has 2 aromatic carbocycles. The van der Waals surface area contributed by atoms with Gasteiger partial charge in [0, 0.05) is 24.9 Å². The van der Waals surface area contributed by atoms with Gasteiger partial charge in [0.1, 0.15) is 5.84 Å². The molecule has 1 aliphatic heterocycles. The number of fused-ring (bicyclic) bond motifs is 1. The van der Waals surface area contributed by atoms with Gasteiger partial charge in [0.2, 0.25) is 0 Å². The molecule has 2 aromatic rings. The Kier molecular flexibility index (Phi) is 13.7. The summed E-state index contributed by atoms with van der Waals surface area (Å²) in [5.41, 5.74) is 1.55. The molecule has 43 heavy (non-hydrogen) atoms. The number of hydrogen-bond acceptors (Lipinski definition) is 8. The molecular weight excluding hydrogens is 631 g/mol. The Balaban J connectivity index is 0.00000645. The third kappa shape index (κ3) is 9.06. The van der Waals surface area contributed by atoms with Crippen molar-refractivity contribution in [2.45, 2.75) is 58.4 Å². The van der Waals surface area contributed by atoms with Gasteiger partial charge in [-0.2, -0.15) is 0 Å². The van der Waals surface area contributed by atoms with Gasteiger partial charge in [-0.25, -0.2) is 4.39 Å². The number of ketones is 1. The van der Waals surface area contributed by atoms with Gasteiger partial charge in [-0.3, -0.25) is 19.8 Å². The van der Waals surface area contributed by atoms with Gasteiger partial charge in [0.25, 0.3) is 0 Å². The molecule has 0 spiro atoms. The zero-order chi connectivity index (χ0) is 30.8. The van der Waals surface area contributed by atoms with E-state index in [1.807, 2.05) is 6.92 Å². The summed E-state index contributed by atoms with van der Waals surface area (Å²) in [5.74, 6) is -2.38. The molecule has 236 valence electrons. The zero-order valence-corrected chi connectivity index (χ0v) is 26.2. The van der Waals surface area contributed by atoms with Crippen molar-refractivity contribution in [2.75, 3.05) is 34.0 Å². The third-order valence-corrected chi connectivity index (χ3v) is 6.77. The van der Waals surface area contributed by atoms with E-state index in [2.05, 4.69) is 0 Å². The average molecular weight is 670 g/mol. The number of benzene rings is 2. The maximum absolute atomic E-state index is 15.2. The van der Waals surface area contributed by atoms with Crippen LogP contribution in [0.25, 0.3) is 0 Å². The quantitative estimate of drug-likeness (QED) is 0.141. The fourth-order valence-corrected chi connectivity index (χ4v) is 4.67. The van der Waals surface area contributed by atoms with Crippen LogP contribution >= 0.6 is 17.0 Å². The van der Waals surface area contributed by atoms with Gasteiger partial charge in [-0.15, -0.1) is 17.0 Å². The number of carboxylic acid groups (broad SMARTS) is 2. The van der Waals surface area contributed by atoms with Crippen LogP contribution in [0.3, 0.4) is 0 Å². The second-order valence-electron chi connectivity index (χ2n) is 9.85. The fraction of sp³-hybridized carbons (Fsp3) is 0.467. The summed E-state index contributed by atoms with van der Waals surface area (Å²) >= 11 is 0. The molecule has 0 unspecified atom stereocenters. The Morgan fingerprint density at radius 3 is 2.16 bits per heavy atom. The van der Waals surface area contributed by atoms with Crippen LogP contribution in [0, 0.1) is 11.2 Å². The van der Waals surface area contributed by atoms with E-state index in [-0.39, 0.29) is 103 Å². The maximum atomic E-state index is 15.2. The molecule has 11 nitrogen and oxygen atoms in total. The summed E-state index contributed by atoms with van der Waals surface area (Å²) in [5, 5.41) is 26.5. The molecule has 3 rings (SSSR count). The third-order valence-electron chi connectivity index (χ3n) is 6.77. The van der Waals surface area contributed by atoms with Crippen molar-refractivity contribution in [3.05, 3.63) is 46.3 Å². The second-order valence-corrected chi connectivity index (χ2v) is 9.85. The SMILES string of the molecule is Br.CCCCc1cc(C(=O)CN2Cc3cc(OC)c(OC)c(F)c3C2=N)cc(OCCCC(=O)O)c1OCCCC(=O)O. The van der Waals surface area contributed by atoms with Crippen LogP contribution in [-0.2, 0) is 22.6 Å². The van der Waals surface area contributed by atoms with Gasteiger partial charge in [-0.05, 0) is 55.0 Å². The summed E-state index contributed by atoms with van der Waals surface area (Å²) in [6.45, 7) is 2.13. The lowest BCUT2D eigenvalue weighted by Crippen LogP contribution is -2.30. The highest BCUT2D eigenvalue weighted by Gasteiger charge is 2.33. The Hall–Kier alpha value is -3.87. The van der Waals surface area contributed by atoms with Crippen molar-refractivity contribution in [1.82, 2.24) is 4.90 Å². The lowest BCUT2D eigenvalue weighted by molar-refractivity contribution is -0.138. The summed E-state index contributed by atoms with van der Waals surface area (Å²) < 4.78 is 37.4. The minimum absolute atomic E-state index is 0. The van der Waals surface area contributed by atoms with E-state index in [1.54, 1.807) is 12.1 Å². The van der Waals surface area contributed by atoms with Crippen LogP contribution in [0.15, 0.2) is 18.2 Å². The largest absolute Gasteiger partial charge is 0.493 e. The van der Waals surface area contributed by atoms with Crippen molar-refractivity contribution in [2.24, 2.45) is 0 Å². The number of nitrogens with zero attached hydrogens (tertiary/aromatic N) is 1. The highest BCUT2D eigenvalue weighted by Crippen LogP contribution is 2.39. The van der Waals surface area contributed by atoms with Gasteiger partial charge in [-0.1, -0.05) is 13.3 Å². The number of aryl methyl sites for hydroxylation is 1. The lowest BCUT2D eigenvalue weighted by atomic mass is 10.0. The number of nitrogens with one attached hydrogen (secondary N) is 1. The first-order valence-corrected chi connectivity index (χ1v) is 13.8. The van der Waals surface area contributed by atoms with Crippen LogP contribution in [0.4, 0.5) is 4.39 Å². The highest BCUT2D eigenvalue weighted by atomic mass is 79.9. The van der Waals surface area contributed by atoms with Crippen molar-refractivity contribution >= 4 is 40.5 Å². The van der Waals surface area contributed by atoms with E-state index in [4.69, 9.17) is 34.6 Å². The summed E-state index contributed by atoms with van der Waals surface area (Å²) in [6, 6.07) is 4.82. The average Bonchev–Trinajstić information content (AvgIpc) is 3.26.